The van der Waals surface area contributed by atoms with E-state index in [1.807, 2.05) is 13.8 Å². The highest BCUT2D eigenvalue weighted by Crippen LogP contribution is 2.44. The molecule has 1 unspecified atom stereocenters. The van der Waals surface area contributed by atoms with E-state index < -0.39 is 6.23 Å². The SMILES string of the molecule is CC(=O)N[C@H]1CCC[C@@H](C(=O)Nc2cc(-c3cnn4c3CC(C)(C)C4O)c(Cl)cn2)C1. The standard InChI is InChI=1S/C22H28ClN5O3/c1-12(29)26-14-6-4-5-13(7-14)20(30)27-19-8-15(17(23)11-24-19)16-10-25-28-18(16)9-22(2,3)21(28)31/h8,10-11,13-14,21,31H,4-7,9H2,1-3H3,(H,26,29)(H,24,27,30)/t13-,14+,21?/m1/s1. The van der Waals surface area contributed by atoms with Crippen LogP contribution in [0.3, 0.4) is 0 Å². The average molecular weight is 446 g/mol. The Morgan fingerprint density at radius 3 is 2.77 bits per heavy atom. The van der Waals surface area contributed by atoms with Crippen molar-refractivity contribution in [3.8, 4) is 11.1 Å². The number of aliphatic hydroxyl groups is 1. The molecule has 1 aliphatic heterocycles. The van der Waals surface area contributed by atoms with E-state index in [1.54, 1.807) is 16.9 Å². The van der Waals surface area contributed by atoms with Crippen LogP contribution in [0, 0.1) is 11.3 Å². The van der Waals surface area contributed by atoms with Gasteiger partial charge in [-0.05, 0) is 31.7 Å². The summed E-state index contributed by atoms with van der Waals surface area (Å²) in [5.41, 5.74) is 2.14. The van der Waals surface area contributed by atoms with E-state index in [1.165, 1.54) is 13.1 Å². The monoisotopic (exact) mass is 445 g/mol. The summed E-state index contributed by atoms with van der Waals surface area (Å²) in [6, 6.07) is 1.78. The van der Waals surface area contributed by atoms with Crippen molar-refractivity contribution >= 4 is 29.2 Å². The normalized spacial score (nSPS) is 24.5. The van der Waals surface area contributed by atoms with Gasteiger partial charge in [-0.3, -0.25) is 9.59 Å². The van der Waals surface area contributed by atoms with Gasteiger partial charge in [-0.1, -0.05) is 31.9 Å². The van der Waals surface area contributed by atoms with Gasteiger partial charge in [-0.25, -0.2) is 9.67 Å². The first-order valence-electron chi connectivity index (χ1n) is 10.6. The van der Waals surface area contributed by atoms with Crippen molar-refractivity contribution in [3.05, 3.63) is 29.2 Å². The molecule has 3 N–H and O–H groups in total. The molecule has 0 radical (unpaired) electrons. The van der Waals surface area contributed by atoms with E-state index >= 15 is 0 Å². The van der Waals surface area contributed by atoms with Gasteiger partial charge in [0.25, 0.3) is 0 Å². The summed E-state index contributed by atoms with van der Waals surface area (Å²) in [7, 11) is 0. The van der Waals surface area contributed by atoms with Crippen LogP contribution in [0.15, 0.2) is 18.5 Å². The molecular weight excluding hydrogens is 418 g/mol. The lowest BCUT2D eigenvalue weighted by Gasteiger charge is -2.28. The van der Waals surface area contributed by atoms with Crippen LogP contribution in [0.25, 0.3) is 11.1 Å². The van der Waals surface area contributed by atoms with Gasteiger partial charge in [0.1, 0.15) is 5.82 Å². The molecule has 1 aliphatic carbocycles. The number of fused-ring (bicyclic) bond motifs is 1. The number of carbonyl (C=O) groups excluding carboxylic acids is 2. The largest absolute Gasteiger partial charge is 0.371 e. The van der Waals surface area contributed by atoms with E-state index in [0.717, 1.165) is 36.1 Å². The van der Waals surface area contributed by atoms with Gasteiger partial charge in [0, 0.05) is 41.6 Å². The second-order valence-corrected chi connectivity index (χ2v) is 9.70. The summed E-state index contributed by atoms with van der Waals surface area (Å²) in [6.07, 6.45) is 6.37. The van der Waals surface area contributed by atoms with E-state index in [0.29, 0.717) is 23.7 Å². The van der Waals surface area contributed by atoms with Crippen LogP contribution in [0.5, 0.6) is 0 Å². The number of amides is 2. The van der Waals surface area contributed by atoms with Crippen LogP contribution in [0.2, 0.25) is 5.02 Å². The third-order valence-corrected chi connectivity index (χ3v) is 6.60. The summed E-state index contributed by atoms with van der Waals surface area (Å²) >= 11 is 6.43. The van der Waals surface area contributed by atoms with Crippen molar-refractivity contribution in [2.75, 3.05) is 5.32 Å². The van der Waals surface area contributed by atoms with Gasteiger partial charge in [0.15, 0.2) is 6.23 Å². The van der Waals surface area contributed by atoms with Gasteiger partial charge in [0.05, 0.1) is 16.9 Å². The summed E-state index contributed by atoms with van der Waals surface area (Å²) in [4.78, 5) is 28.5. The molecule has 1 fully saturated rings. The van der Waals surface area contributed by atoms with Crippen LogP contribution in [-0.2, 0) is 16.0 Å². The number of hydrogen-bond donors (Lipinski definition) is 3. The molecule has 0 aromatic carbocycles. The number of hydrogen-bond acceptors (Lipinski definition) is 5. The van der Waals surface area contributed by atoms with Crippen molar-refractivity contribution < 1.29 is 14.7 Å². The molecule has 2 amide bonds. The number of anilines is 1. The Morgan fingerprint density at radius 1 is 1.26 bits per heavy atom. The Balaban J connectivity index is 1.53. The Hall–Kier alpha value is -2.45. The summed E-state index contributed by atoms with van der Waals surface area (Å²) in [5, 5.41) is 21.1. The van der Waals surface area contributed by atoms with Crippen LogP contribution in [-0.4, -0.2) is 37.7 Å². The summed E-state index contributed by atoms with van der Waals surface area (Å²) < 4.78 is 1.63. The average Bonchev–Trinajstić information content (AvgIpc) is 3.20. The molecule has 3 heterocycles. The minimum absolute atomic E-state index is 0.0283. The van der Waals surface area contributed by atoms with Crippen molar-refractivity contribution in [1.82, 2.24) is 20.1 Å². The Bertz CT molecular complexity index is 1020. The van der Waals surface area contributed by atoms with Crippen LogP contribution >= 0.6 is 11.6 Å². The third kappa shape index (κ3) is 4.32. The first-order valence-corrected chi connectivity index (χ1v) is 11.0. The lowest BCUT2D eigenvalue weighted by Crippen LogP contribution is -2.40. The molecule has 2 aliphatic rings. The fourth-order valence-corrected chi connectivity index (χ4v) is 4.85. The number of rotatable bonds is 4. The number of nitrogens with one attached hydrogen (secondary N) is 2. The predicted molar refractivity (Wildman–Crippen MR) is 117 cm³/mol. The topological polar surface area (TPSA) is 109 Å². The van der Waals surface area contributed by atoms with Crippen molar-refractivity contribution in [1.29, 1.82) is 0 Å². The minimum atomic E-state index is -0.695. The zero-order valence-corrected chi connectivity index (χ0v) is 18.7. The molecule has 0 saturated heterocycles. The van der Waals surface area contributed by atoms with E-state index in [2.05, 4.69) is 20.7 Å². The highest BCUT2D eigenvalue weighted by Gasteiger charge is 2.40. The Kier molecular flexibility index (Phi) is 5.79. The number of pyridine rings is 1. The van der Waals surface area contributed by atoms with Gasteiger partial charge in [0.2, 0.25) is 11.8 Å². The van der Waals surface area contributed by atoms with Gasteiger partial charge in [-0.2, -0.15) is 5.10 Å². The summed E-state index contributed by atoms with van der Waals surface area (Å²) in [5.74, 6) is 0.0661. The van der Waals surface area contributed by atoms with E-state index in [4.69, 9.17) is 11.6 Å². The smallest absolute Gasteiger partial charge is 0.228 e. The zero-order valence-electron chi connectivity index (χ0n) is 18.0. The first-order chi connectivity index (χ1) is 14.7. The van der Waals surface area contributed by atoms with Gasteiger partial charge < -0.3 is 15.7 Å². The van der Waals surface area contributed by atoms with E-state index in [9.17, 15) is 14.7 Å². The highest BCUT2D eigenvalue weighted by atomic mass is 35.5. The Labute approximate surface area is 186 Å². The quantitative estimate of drug-likeness (QED) is 0.668. The molecule has 0 bridgehead atoms. The molecule has 8 nitrogen and oxygen atoms in total. The maximum absolute atomic E-state index is 12.9. The molecule has 0 spiro atoms. The number of halogens is 1. The molecule has 3 atom stereocenters. The second-order valence-electron chi connectivity index (χ2n) is 9.29. The number of aromatic nitrogens is 3. The molecule has 9 heteroatoms. The molecule has 1 saturated carbocycles. The lowest BCUT2D eigenvalue weighted by molar-refractivity contribution is -0.123. The highest BCUT2D eigenvalue weighted by molar-refractivity contribution is 6.33. The van der Waals surface area contributed by atoms with Crippen molar-refractivity contribution in [2.45, 2.75) is 65.1 Å². The molecule has 2 aromatic heterocycles. The Morgan fingerprint density at radius 2 is 2.03 bits per heavy atom. The zero-order chi connectivity index (χ0) is 22.3. The minimum Gasteiger partial charge on any atom is -0.371 e. The maximum Gasteiger partial charge on any atom is 0.228 e. The molecule has 166 valence electrons. The van der Waals surface area contributed by atoms with Crippen LogP contribution in [0.1, 0.15) is 58.4 Å². The molecular formula is C22H28ClN5O3. The number of aliphatic hydroxyl groups excluding tert-OH is 1. The third-order valence-electron chi connectivity index (χ3n) is 6.30. The predicted octanol–water partition coefficient (Wildman–Crippen LogP) is 3.31. The van der Waals surface area contributed by atoms with E-state index in [-0.39, 0.29) is 29.2 Å². The van der Waals surface area contributed by atoms with Crippen LogP contribution < -0.4 is 10.6 Å². The number of nitrogens with zero attached hydrogens (tertiary/aromatic N) is 3. The van der Waals surface area contributed by atoms with Crippen molar-refractivity contribution in [2.24, 2.45) is 11.3 Å². The first kappa shape index (κ1) is 21.8. The summed E-state index contributed by atoms with van der Waals surface area (Å²) in [6.45, 7) is 5.49. The number of carbonyl (C=O) groups is 2. The molecule has 2 aromatic rings. The van der Waals surface area contributed by atoms with Crippen molar-refractivity contribution in [3.63, 3.8) is 0 Å². The molecule has 31 heavy (non-hydrogen) atoms. The van der Waals surface area contributed by atoms with Gasteiger partial charge in [-0.15, -0.1) is 0 Å². The lowest BCUT2D eigenvalue weighted by atomic mass is 9.85. The van der Waals surface area contributed by atoms with Gasteiger partial charge >= 0.3 is 0 Å². The molecule has 4 rings (SSSR count). The fraction of sp³-hybridized carbons (Fsp3) is 0.545. The fourth-order valence-electron chi connectivity index (χ4n) is 4.64. The second kappa shape index (κ2) is 8.24. The van der Waals surface area contributed by atoms with Crippen LogP contribution in [0.4, 0.5) is 5.82 Å². The maximum atomic E-state index is 12.9.